The minimum Gasteiger partial charge on any atom is -0.481 e. The lowest BCUT2D eigenvalue weighted by Gasteiger charge is -2.42. The van der Waals surface area contributed by atoms with Crippen molar-refractivity contribution in [1.82, 2.24) is 9.88 Å². The number of thioether (sulfide) groups is 1. The van der Waals surface area contributed by atoms with Crippen molar-refractivity contribution in [2.75, 3.05) is 13.1 Å². The van der Waals surface area contributed by atoms with Crippen molar-refractivity contribution in [3.63, 3.8) is 0 Å². The molecule has 1 aromatic rings. The minimum atomic E-state index is -2.20. The van der Waals surface area contributed by atoms with Crippen LogP contribution >= 0.6 is 11.8 Å². The predicted molar refractivity (Wildman–Crippen MR) is 107 cm³/mol. The van der Waals surface area contributed by atoms with E-state index in [1.165, 1.54) is 11.0 Å². The Labute approximate surface area is 168 Å². The molecule has 3 rings (SSSR count). The zero-order valence-electron chi connectivity index (χ0n) is 16.2. The van der Waals surface area contributed by atoms with Crippen molar-refractivity contribution in [3.8, 4) is 0 Å². The Bertz CT molecular complexity index is 796. The number of pyridine rings is 1. The number of aliphatic carboxylic acids is 1. The highest BCUT2D eigenvalue weighted by molar-refractivity contribution is 7.99. The molecule has 0 amide bonds. The van der Waals surface area contributed by atoms with Crippen LogP contribution < -0.4 is 0 Å². The molecule has 0 bridgehead atoms. The molecule has 2 atom stereocenters. The molecule has 2 aliphatic rings. The first-order chi connectivity index (χ1) is 13.3. The summed E-state index contributed by atoms with van der Waals surface area (Å²) in [7, 11) is 0. The summed E-state index contributed by atoms with van der Waals surface area (Å²) in [6.45, 7) is 4.81. The second-order valence-corrected chi connectivity index (χ2v) is 9.26. The molecule has 152 valence electrons. The third-order valence-electron chi connectivity index (χ3n) is 5.15. The molecule has 7 heteroatoms. The predicted octanol–water partition coefficient (Wildman–Crippen LogP) is 5.08. The molecular formula is C21H26F2N2O2S. The van der Waals surface area contributed by atoms with Crippen LogP contribution in [0.5, 0.6) is 0 Å². The Morgan fingerprint density at radius 1 is 1.50 bits per heavy atom. The third kappa shape index (κ3) is 4.63. The van der Waals surface area contributed by atoms with E-state index in [0.717, 1.165) is 17.0 Å². The van der Waals surface area contributed by atoms with Crippen LogP contribution in [-0.2, 0) is 4.79 Å². The molecule has 0 aromatic carbocycles. The van der Waals surface area contributed by atoms with E-state index < -0.39 is 17.6 Å². The zero-order chi connectivity index (χ0) is 20.3. The lowest BCUT2D eigenvalue weighted by Crippen LogP contribution is -2.51. The molecule has 1 aliphatic heterocycles. The third-order valence-corrected chi connectivity index (χ3v) is 6.17. The van der Waals surface area contributed by atoms with E-state index >= 15 is 4.39 Å². The van der Waals surface area contributed by atoms with Crippen molar-refractivity contribution < 1.29 is 18.7 Å². The first kappa shape index (κ1) is 21.0. The van der Waals surface area contributed by atoms with Gasteiger partial charge in [-0.25, -0.2) is 13.8 Å². The van der Waals surface area contributed by atoms with Gasteiger partial charge in [-0.05, 0) is 36.5 Å². The smallest absolute Gasteiger partial charge is 0.303 e. The molecule has 0 saturated carbocycles. The van der Waals surface area contributed by atoms with Gasteiger partial charge in [-0.2, -0.15) is 0 Å². The second-order valence-electron chi connectivity index (χ2n) is 7.69. The quantitative estimate of drug-likeness (QED) is 0.526. The van der Waals surface area contributed by atoms with Crippen LogP contribution in [0.4, 0.5) is 8.78 Å². The maximum Gasteiger partial charge on any atom is 0.303 e. The Morgan fingerprint density at radius 2 is 2.29 bits per heavy atom. The minimum absolute atomic E-state index is 0.00945. The SMILES string of the molecule is CC(C)Sc1ncccc1C1=CCC(F)(N2CCCC(CC(=O)O)C2)C(F)=C1. The van der Waals surface area contributed by atoms with Crippen LogP contribution in [0.15, 0.2) is 41.3 Å². The number of piperidine rings is 1. The monoisotopic (exact) mass is 408 g/mol. The van der Waals surface area contributed by atoms with Crippen molar-refractivity contribution >= 4 is 23.3 Å². The lowest BCUT2D eigenvalue weighted by molar-refractivity contribution is -0.139. The molecule has 2 heterocycles. The van der Waals surface area contributed by atoms with Gasteiger partial charge in [-0.1, -0.05) is 26.0 Å². The molecule has 1 N–H and O–H groups in total. The number of carboxylic acids is 1. The van der Waals surface area contributed by atoms with Crippen molar-refractivity contribution in [1.29, 1.82) is 0 Å². The van der Waals surface area contributed by atoms with Gasteiger partial charge in [-0.3, -0.25) is 9.69 Å². The van der Waals surface area contributed by atoms with E-state index in [2.05, 4.69) is 18.8 Å². The number of rotatable bonds is 6. The van der Waals surface area contributed by atoms with E-state index in [0.29, 0.717) is 23.8 Å². The number of hydrogen-bond donors (Lipinski definition) is 1. The molecule has 1 saturated heterocycles. The molecule has 1 aliphatic carbocycles. The second kappa shape index (κ2) is 8.74. The maximum absolute atomic E-state index is 15.6. The summed E-state index contributed by atoms with van der Waals surface area (Å²) in [4.78, 5) is 16.8. The summed E-state index contributed by atoms with van der Waals surface area (Å²) in [5, 5.41) is 10.1. The Balaban J connectivity index is 1.80. The fourth-order valence-corrected chi connectivity index (χ4v) is 4.73. The van der Waals surface area contributed by atoms with Crippen molar-refractivity contribution in [2.24, 2.45) is 5.92 Å². The number of alkyl halides is 1. The largest absolute Gasteiger partial charge is 0.481 e. The Kier molecular flexibility index (Phi) is 6.55. The molecular weight excluding hydrogens is 382 g/mol. The number of aromatic nitrogens is 1. The summed E-state index contributed by atoms with van der Waals surface area (Å²) in [6.07, 6.45) is 6.00. The number of likely N-dealkylation sites (tertiary alicyclic amines) is 1. The highest BCUT2D eigenvalue weighted by atomic mass is 32.2. The molecule has 0 spiro atoms. The van der Waals surface area contributed by atoms with E-state index in [1.807, 2.05) is 6.07 Å². The summed E-state index contributed by atoms with van der Waals surface area (Å²) in [5.74, 6) is -4.06. The van der Waals surface area contributed by atoms with Gasteiger partial charge in [0.05, 0.1) is 0 Å². The fraction of sp³-hybridized carbons (Fsp3) is 0.524. The number of hydrogen-bond acceptors (Lipinski definition) is 4. The van der Waals surface area contributed by atoms with Gasteiger partial charge in [0.2, 0.25) is 5.79 Å². The fourth-order valence-electron chi connectivity index (χ4n) is 3.84. The van der Waals surface area contributed by atoms with Crippen LogP contribution in [0.1, 0.15) is 45.1 Å². The molecule has 2 unspecified atom stereocenters. The van der Waals surface area contributed by atoms with Crippen LogP contribution in [0.3, 0.4) is 0 Å². The van der Waals surface area contributed by atoms with Gasteiger partial charge in [0.15, 0.2) is 5.83 Å². The van der Waals surface area contributed by atoms with Crippen LogP contribution in [0.2, 0.25) is 0 Å². The average Bonchev–Trinajstić information content (AvgIpc) is 2.64. The van der Waals surface area contributed by atoms with Crippen LogP contribution in [0.25, 0.3) is 5.57 Å². The van der Waals surface area contributed by atoms with Crippen LogP contribution in [-0.4, -0.2) is 45.1 Å². The van der Waals surface area contributed by atoms with E-state index in [1.54, 1.807) is 30.1 Å². The van der Waals surface area contributed by atoms with E-state index in [9.17, 15) is 9.18 Å². The van der Waals surface area contributed by atoms with Gasteiger partial charge < -0.3 is 5.11 Å². The Morgan fingerprint density at radius 3 is 2.96 bits per heavy atom. The summed E-state index contributed by atoms with van der Waals surface area (Å²) in [5.41, 5.74) is 1.45. The van der Waals surface area contributed by atoms with Gasteiger partial charge in [0, 0.05) is 42.9 Å². The molecule has 28 heavy (non-hydrogen) atoms. The van der Waals surface area contributed by atoms with Gasteiger partial charge in [0.25, 0.3) is 0 Å². The number of halogens is 2. The maximum atomic E-state index is 15.6. The first-order valence-electron chi connectivity index (χ1n) is 9.65. The summed E-state index contributed by atoms with van der Waals surface area (Å²) in [6, 6.07) is 3.67. The zero-order valence-corrected chi connectivity index (χ0v) is 17.0. The highest BCUT2D eigenvalue weighted by Gasteiger charge is 2.44. The van der Waals surface area contributed by atoms with Crippen molar-refractivity contribution in [3.05, 3.63) is 41.9 Å². The van der Waals surface area contributed by atoms with Gasteiger partial charge in [0.1, 0.15) is 5.03 Å². The molecule has 1 aromatic heterocycles. The molecule has 4 nitrogen and oxygen atoms in total. The number of allylic oxidation sites excluding steroid dienone is 2. The number of carbonyl (C=O) groups is 1. The highest BCUT2D eigenvalue weighted by Crippen LogP contribution is 2.42. The number of nitrogens with zero attached hydrogens (tertiary/aromatic N) is 2. The number of carboxylic acid groups (broad SMARTS) is 1. The molecule has 0 radical (unpaired) electrons. The molecule has 1 fully saturated rings. The summed E-state index contributed by atoms with van der Waals surface area (Å²) >= 11 is 1.59. The lowest BCUT2D eigenvalue weighted by atomic mass is 9.89. The topological polar surface area (TPSA) is 53.4 Å². The normalized spacial score (nSPS) is 26.1. The van der Waals surface area contributed by atoms with Gasteiger partial charge in [-0.15, -0.1) is 11.8 Å². The Hall–Kier alpha value is -1.73. The summed E-state index contributed by atoms with van der Waals surface area (Å²) < 4.78 is 30.6. The standard InChI is InChI=1S/C21H26F2N2O2S/c1-14(2)28-20-17(6-3-9-24-20)16-7-8-21(23,18(22)12-16)25-10-4-5-15(13-25)11-19(26)27/h3,6-7,9,12,14-15H,4-5,8,10-11,13H2,1-2H3,(H,26,27). The van der Waals surface area contributed by atoms with E-state index in [-0.39, 0.29) is 25.3 Å². The van der Waals surface area contributed by atoms with Crippen LogP contribution in [0, 0.1) is 5.92 Å². The average molecular weight is 409 g/mol. The van der Waals surface area contributed by atoms with E-state index in [4.69, 9.17) is 5.11 Å². The van der Waals surface area contributed by atoms with Crippen molar-refractivity contribution in [2.45, 2.75) is 55.6 Å². The van der Waals surface area contributed by atoms with Gasteiger partial charge >= 0.3 is 5.97 Å². The first-order valence-corrected chi connectivity index (χ1v) is 10.5.